The molecule has 19 heavy (non-hydrogen) atoms. The molecule has 0 aliphatic heterocycles. The molecule has 1 aliphatic carbocycles. The molecular weight excluding hydrogens is 260 g/mol. The zero-order chi connectivity index (χ0) is 13.4. The van der Waals surface area contributed by atoms with Gasteiger partial charge in [-0.2, -0.15) is 0 Å². The summed E-state index contributed by atoms with van der Waals surface area (Å²) in [6.07, 6.45) is 7.20. The van der Waals surface area contributed by atoms with Crippen molar-refractivity contribution in [1.29, 1.82) is 0 Å². The molecule has 2 aromatic rings. The number of aryl methyl sites for hydroxylation is 1. The molecule has 0 saturated heterocycles. The number of thiazole rings is 1. The van der Waals surface area contributed by atoms with Gasteiger partial charge in [0.15, 0.2) is 4.96 Å². The van der Waals surface area contributed by atoms with Gasteiger partial charge in [-0.3, -0.25) is 4.40 Å². The zero-order valence-electron chi connectivity index (χ0n) is 11.3. The highest BCUT2D eigenvalue weighted by molar-refractivity contribution is 7.19. The smallest absolute Gasteiger partial charge is 0.350 e. The fraction of sp³-hybridized carbons (Fsp3) is 0.571. The summed E-state index contributed by atoms with van der Waals surface area (Å²) in [4.78, 5) is 18.1. The summed E-state index contributed by atoms with van der Waals surface area (Å²) < 4.78 is 7.10. The van der Waals surface area contributed by atoms with E-state index in [1.807, 2.05) is 18.2 Å². The van der Waals surface area contributed by atoms with E-state index in [0.717, 1.165) is 10.7 Å². The first-order valence-electron chi connectivity index (χ1n) is 6.86. The lowest BCUT2D eigenvalue weighted by molar-refractivity contribution is 0.0531. The number of hydrogen-bond acceptors (Lipinski definition) is 4. The standard InChI is InChI=1S/C14H18N2O2S/c1-3-18-13(17)12-9(2)16-8-11(15-14(16)19-12)10-6-4-5-7-10/h8,10H,3-7H2,1-2H3. The molecule has 3 rings (SSSR count). The number of imidazole rings is 1. The van der Waals surface area contributed by atoms with Gasteiger partial charge >= 0.3 is 5.97 Å². The zero-order valence-corrected chi connectivity index (χ0v) is 12.1. The van der Waals surface area contributed by atoms with E-state index in [9.17, 15) is 4.79 Å². The van der Waals surface area contributed by atoms with Crippen LogP contribution >= 0.6 is 11.3 Å². The molecular formula is C14H18N2O2S. The lowest BCUT2D eigenvalue weighted by Crippen LogP contribution is -2.04. The van der Waals surface area contributed by atoms with Crippen molar-refractivity contribution in [3.8, 4) is 0 Å². The molecule has 0 unspecified atom stereocenters. The van der Waals surface area contributed by atoms with E-state index in [4.69, 9.17) is 9.72 Å². The molecule has 102 valence electrons. The van der Waals surface area contributed by atoms with Crippen LogP contribution in [0.3, 0.4) is 0 Å². The molecule has 1 aliphatic rings. The number of aromatic nitrogens is 2. The molecule has 0 bridgehead atoms. The van der Waals surface area contributed by atoms with Crippen LogP contribution in [0.1, 0.15) is 59.6 Å². The molecule has 0 aromatic carbocycles. The molecule has 0 radical (unpaired) electrons. The lowest BCUT2D eigenvalue weighted by atomic mass is 10.1. The predicted molar refractivity (Wildman–Crippen MR) is 75.0 cm³/mol. The van der Waals surface area contributed by atoms with Crippen molar-refractivity contribution in [3.05, 3.63) is 22.5 Å². The van der Waals surface area contributed by atoms with E-state index >= 15 is 0 Å². The van der Waals surface area contributed by atoms with Crippen LogP contribution in [0.5, 0.6) is 0 Å². The molecule has 1 saturated carbocycles. The average molecular weight is 278 g/mol. The quantitative estimate of drug-likeness (QED) is 0.807. The summed E-state index contributed by atoms with van der Waals surface area (Å²) in [5.41, 5.74) is 2.12. The molecule has 0 amide bonds. The SMILES string of the molecule is CCOC(=O)c1sc2nc(C3CCCC3)cn2c1C. The fourth-order valence-electron chi connectivity index (χ4n) is 2.77. The number of ether oxygens (including phenoxy) is 1. The van der Waals surface area contributed by atoms with Gasteiger partial charge in [0.1, 0.15) is 4.88 Å². The number of esters is 1. The van der Waals surface area contributed by atoms with Crippen molar-refractivity contribution in [2.24, 2.45) is 0 Å². The van der Waals surface area contributed by atoms with Crippen LogP contribution in [0.4, 0.5) is 0 Å². The molecule has 0 N–H and O–H groups in total. The van der Waals surface area contributed by atoms with Crippen LogP contribution in [0, 0.1) is 6.92 Å². The third-order valence-corrected chi connectivity index (χ3v) is 4.95. The summed E-state index contributed by atoms with van der Waals surface area (Å²) in [6.45, 7) is 4.19. The Morgan fingerprint density at radius 1 is 1.53 bits per heavy atom. The Morgan fingerprint density at radius 2 is 2.26 bits per heavy atom. The highest BCUT2D eigenvalue weighted by atomic mass is 32.1. The summed E-state index contributed by atoms with van der Waals surface area (Å²) in [5.74, 6) is 0.371. The summed E-state index contributed by atoms with van der Waals surface area (Å²) >= 11 is 1.43. The number of hydrogen-bond donors (Lipinski definition) is 0. The van der Waals surface area contributed by atoms with Crippen LogP contribution in [0.15, 0.2) is 6.20 Å². The van der Waals surface area contributed by atoms with Crippen LogP contribution < -0.4 is 0 Å². The van der Waals surface area contributed by atoms with Gasteiger partial charge in [-0.1, -0.05) is 24.2 Å². The third-order valence-electron chi connectivity index (χ3n) is 3.81. The van der Waals surface area contributed by atoms with Gasteiger partial charge in [0.05, 0.1) is 12.3 Å². The van der Waals surface area contributed by atoms with Crippen LogP contribution in [-0.4, -0.2) is 22.0 Å². The van der Waals surface area contributed by atoms with E-state index in [2.05, 4.69) is 6.20 Å². The first-order valence-corrected chi connectivity index (χ1v) is 7.68. The van der Waals surface area contributed by atoms with Crippen LogP contribution in [0.2, 0.25) is 0 Å². The Balaban J connectivity index is 1.95. The van der Waals surface area contributed by atoms with Crippen molar-refractivity contribution in [3.63, 3.8) is 0 Å². The second-order valence-electron chi connectivity index (χ2n) is 5.04. The highest BCUT2D eigenvalue weighted by Gasteiger charge is 2.23. The Morgan fingerprint density at radius 3 is 2.89 bits per heavy atom. The van der Waals surface area contributed by atoms with Gasteiger partial charge in [-0.25, -0.2) is 9.78 Å². The number of fused-ring (bicyclic) bond motifs is 1. The van der Waals surface area contributed by atoms with Crippen LogP contribution in [0.25, 0.3) is 4.96 Å². The Hall–Kier alpha value is -1.36. The van der Waals surface area contributed by atoms with Gasteiger partial charge in [0.25, 0.3) is 0 Å². The molecule has 2 aromatic heterocycles. The van der Waals surface area contributed by atoms with E-state index in [0.29, 0.717) is 17.4 Å². The van der Waals surface area contributed by atoms with Gasteiger partial charge in [0.2, 0.25) is 0 Å². The van der Waals surface area contributed by atoms with Crippen molar-refractivity contribution < 1.29 is 9.53 Å². The molecule has 1 fully saturated rings. The van der Waals surface area contributed by atoms with Crippen molar-refractivity contribution in [1.82, 2.24) is 9.38 Å². The normalized spacial score (nSPS) is 16.3. The minimum absolute atomic E-state index is 0.238. The van der Waals surface area contributed by atoms with Gasteiger partial charge < -0.3 is 4.74 Å². The van der Waals surface area contributed by atoms with Crippen molar-refractivity contribution in [2.75, 3.05) is 6.61 Å². The molecule has 2 heterocycles. The van der Waals surface area contributed by atoms with E-state index in [1.165, 1.54) is 42.7 Å². The molecule has 0 spiro atoms. The summed E-state index contributed by atoms with van der Waals surface area (Å²) in [5, 5.41) is 0. The maximum atomic E-state index is 11.8. The van der Waals surface area contributed by atoms with Crippen molar-refractivity contribution >= 4 is 22.3 Å². The number of rotatable bonds is 3. The highest BCUT2D eigenvalue weighted by Crippen LogP contribution is 2.35. The minimum atomic E-state index is -0.238. The number of nitrogens with zero attached hydrogens (tertiary/aromatic N) is 2. The average Bonchev–Trinajstić information content (AvgIpc) is 3.06. The largest absolute Gasteiger partial charge is 0.462 e. The van der Waals surface area contributed by atoms with Gasteiger partial charge in [-0.05, 0) is 26.7 Å². The predicted octanol–water partition coefficient (Wildman–Crippen LogP) is 3.54. The lowest BCUT2D eigenvalue weighted by Gasteiger charge is -2.03. The Labute approximate surface area is 116 Å². The molecule has 0 atom stereocenters. The van der Waals surface area contributed by atoms with Gasteiger partial charge in [0, 0.05) is 17.8 Å². The van der Waals surface area contributed by atoms with Gasteiger partial charge in [-0.15, -0.1) is 0 Å². The first-order chi connectivity index (χ1) is 9.20. The number of carbonyl (C=O) groups excluding carboxylic acids is 1. The first kappa shape index (κ1) is 12.7. The minimum Gasteiger partial charge on any atom is -0.462 e. The summed E-state index contributed by atoms with van der Waals surface area (Å²) in [6, 6.07) is 0. The summed E-state index contributed by atoms with van der Waals surface area (Å²) in [7, 11) is 0. The van der Waals surface area contributed by atoms with E-state index in [-0.39, 0.29) is 5.97 Å². The number of carbonyl (C=O) groups is 1. The maximum Gasteiger partial charge on any atom is 0.350 e. The van der Waals surface area contributed by atoms with Crippen molar-refractivity contribution in [2.45, 2.75) is 45.4 Å². The van der Waals surface area contributed by atoms with Crippen LogP contribution in [-0.2, 0) is 4.74 Å². The monoisotopic (exact) mass is 278 g/mol. The fourth-order valence-corrected chi connectivity index (χ4v) is 3.78. The molecule has 5 heteroatoms. The third kappa shape index (κ3) is 2.16. The second-order valence-corrected chi connectivity index (χ2v) is 6.01. The topological polar surface area (TPSA) is 43.6 Å². The second kappa shape index (κ2) is 4.96. The molecule has 4 nitrogen and oxygen atoms in total. The van der Waals surface area contributed by atoms with E-state index in [1.54, 1.807) is 0 Å². The Kier molecular flexibility index (Phi) is 3.31. The van der Waals surface area contributed by atoms with E-state index < -0.39 is 0 Å². The Bertz CT molecular complexity index is 608. The maximum absolute atomic E-state index is 11.8.